The van der Waals surface area contributed by atoms with E-state index in [9.17, 15) is 4.79 Å². The van der Waals surface area contributed by atoms with Crippen LogP contribution in [0.1, 0.15) is 45.7 Å². The zero-order chi connectivity index (χ0) is 20.1. The van der Waals surface area contributed by atoms with Crippen LogP contribution in [0, 0.1) is 0 Å². The number of hydrogen-bond acceptors (Lipinski definition) is 6. The lowest BCUT2D eigenvalue weighted by Gasteiger charge is -2.18. The number of nitrogens with zero attached hydrogens (tertiary/aromatic N) is 3. The van der Waals surface area contributed by atoms with Gasteiger partial charge in [0.05, 0.1) is 31.1 Å². The van der Waals surface area contributed by atoms with Gasteiger partial charge in [-0.3, -0.25) is 4.79 Å². The van der Waals surface area contributed by atoms with Crippen LogP contribution in [-0.2, 0) is 4.79 Å². The molecule has 1 aromatic heterocycles. The monoisotopic (exact) mass is 384 g/mol. The van der Waals surface area contributed by atoms with Gasteiger partial charge in [-0.05, 0) is 38.5 Å². The highest BCUT2D eigenvalue weighted by Gasteiger charge is 2.26. The van der Waals surface area contributed by atoms with Gasteiger partial charge in [0.15, 0.2) is 5.75 Å². The number of ether oxygens (including phenoxy) is 2. The van der Waals surface area contributed by atoms with Crippen LogP contribution in [0.4, 0.5) is 5.95 Å². The average Bonchev–Trinajstić information content (AvgIpc) is 3.10. The minimum atomic E-state index is -0.0371. The Bertz CT molecular complexity index is 777. The third-order valence-electron chi connectivity index (χ3n) is 4.52. The van der Waals surface area contributed by atoms with Gasteiger partial charge in [0.25, 0.3) is 0 Å². The van der Waals surface area contributed by atoms with Crippen LogP contribution < -0.4 is 19.7 Å². The molecule has 0 unspecified atom stereocenters. The highest BCUT2D eigenvalue weighted by Crippen LogP contribution is 2.23. The van der Waals surface area contributed by atoms with E-state index in [-0.39, 0.29) is 24.2 Å². The molecule has 1 aromatic carbocycles. The number of hydrogen-bond donors (Lipinski definition) is 1. The molecule has 150 valence electrons. The summed E-state index contributed by atoms with van der Waals surface area (Å²) in [5, 5.41) is 2.88. The molecule has 7 heteroatoms. The van der Waals surface area contributed by atoms with Crippen molar-refractivity contribution in [3.8, 4) is 11.5 Å². The smallest absolute Gasteiger partial charge is 0.225 e. The molecule has 0 aliphatic carbocycles. The Morgan fingerprint density at radius 2 is 1.82 bits per heavy atom. The maximum Gasteiger partial charge on any atom is 0.225 e. The molecule has 3 rings (SSSR count). The van der Waals surface area contributed by atoms with E-state index >= 15 is 0 Å². The molecule has 0 spiro atoms. The lowest BCUT2D eigenvalue weighted by molar-refractivity contribution is -0.119. The number of amides is 1. The second kappa shape index (κ2) is 8.91. The van der Waals surface area contributed by atoms with E-state index in [2.05, 4.69) is 20.2 Å². The molecule has 0 saturated carbocycles. The van der Waals surface area contributed by atoms with Gasteiger partial charge in [0, 0.05) is 19.9 Å². The van der Waals surface area contributed by atoms with E-state index in [1.165, 1.54) is 6.92 Å². The Balaban J connectivity index is 1.53. The Kier molecular flexibility index (Phi) is 6.34. The van der Waals surface area contributed by atoms with Gasteiger partial charge in [-0.15, -0.1) is 0 Å². The first kappa shape index (κ1) is 19.9. The second-order valence-corrected chi connectivity index (χ2v) is 7.35. The molecule has 7 nitrogen and oxygen atoms in total. The van der Waals surface area contributed by atoms with Crippen LogP contribution in [0.2, 0.25) is 0 Å². The SMILES string of the molecule is CC(=O)N[C@@H](C)c1ccc(O[C@@H]2CCN(c3ncc(OC(C)C)cn3)C2)cc1. The summed E-state index contributed by atoms with van der Waals surface area (Å²) in [6.45, 7) is 9.03. The van der Waals surface area contributed by atoms with Crippen molar-refractivity contribution in [2.45, 2.75) is 52.4 Å². The molecule has 1 aliphatic rings. The van der Waals surface area contributed by atoms with E-state index < -0.39 is 0 Å². The first-order chi connectivity index (χ1) is 13.4. The number of benzene rings is 1. The fraction of sp³-hybridized carbons (Fsp3) is 0.476. The van der Waals surface area contributed by atoms with Crippen LogP contribution in [0.25, 0.3) is 0 Å². The van der Waals surface area contributed by atoms with Gasteiger partial charge in [-0.25, -0.2) is 9.97 Å². The van der Waals surface area contributed by atoms with Crippen molar-refractivity contribution >= 4 is 11.9 Å². The number of carbonyl (C=O) groups excluding carboxylic acids is 1. The third kappa shape index (κ3) is 5.34. The fourth-order valence-electron chi connectivity index (χ4n) is 3.23. The minimum absolute atomic E-state index is 0.0201. The van der Waals surface area contributed by atoms with Gasteiger partial charge in [-0.1, -0.05) is 12.1 Å². The summed E-state index contributed by atoms with van der Waals surface area (Å²) in [6.07, 6.45) is 4.54. The molecular formula is C21H28N4O3. The van der Waals surface area contributed by atoms with Gasteiger partial charge < -0.3 is 19.7 Å². The molecule has 2 aromatic rings. The summed E-state index contributed by atoms with van der Waals surface area (Å²) in [5.74, 6) is 2.16. The van der Waals surface area contributed by atoms with E-state index in [1.807, 2.05) is 45.0 Å². The first-order valence-electron chi connectivity index (χ1n) is 9.68. The zero-order valence-corrected chi connectivity index (χ0v) is 16.9. The molecule has 0 radical (unpaired) electrons. The maximum atomic E-state index is 11.2. The van der Waals surface area contributed by atoms with Crippen molar-refractivity contribution in [2.75, 3.05) is 18.0 Å². The van der Waals surface area contributed by atoms with Gasteiger partial charge in [-0.2, -0.15) is 0 Å². The molecule has 1 amide bonds. The fourth-order valence-corrected chi connectivity index (χ4v) is 3.23. The summed E-state index contributed by atoms with van der Waals surface area (Å²) in [6, 6.07) is 7.85. The highest BCUT2D eigenvalue weighted by molar-refractivity contribution is 5.73. The Morgan fingerprint density at radius 1 is 1.14 bits per heavy atom. The lowest BCUT2D eigenvalue weighted by atomic mass is 10.1. The minimum Gasteiger partial charge on any atom is -0.489 e. The van der Waals surface area contributed by atoms with Crippen molar-refractivity contribution in [1.29, 1.82) is 0 Å². The van der Waals surface area contributed by atoms with E-state index in [0.29, 0.717) is 11.7 Å². The number of aromatic nitrogens is 2. The van der Waals surface area contributed by atoms with Crippen LogP contribution in [-0.4, -0.2) is 41.2 Å². The van der Waals surface area contributed by atoms with Crippen LogP contribution in [0.5, 0.6) is 11.5 Å². The van der Waals surface area contributed by atoms with Crippen molar-refractivity contribution in [3.05, 3.63) is 42.2 Å². The van der Waals surface area contributed by atoms with Crippen LogP contribution >= 0.6 is 0 Å². The molecule has 1 fully saturated rings. The Morgan fingerprint density at radius 3 is 2.43 bits per heavy atom. The molecular weight excluding hydrogens is 356 g/mol. The molecule has 1 N–H and O–H groups in total. The maximum absolute atomic E-state index is 11.2. The van der Waals surface area contributed by atoms with Crippen molar-refractivity contribution in [3.63, 3.8) is 0 Å². The second-order valence-electron chi connectivity index (χ2n) is 7.35. The predicted octanol–water partition coefficient (Wildman–Crippen LogP) is 3.12. The summed E-state index contributed by atoms with van der Waals surface area (Å²) in [5.41, 5.74) is 1.05. The Hall–Kier alpha value is -2.83. The number of nitrogens with one attached hydrogen (secondary N) is 1. The quantitative estimate of drug-likeness (QED) is 0.790. The summed E-state index contributed by atoms with van der Waals surface area (Å²) >= 11 is 0. The van der Waals surface area contributed by atoms with E-state index in [1.54, 1.807) is 12.4 Å². The largest absolute Gasteiger partial charge is 0.489 e. The average molecular weight is 384 g/mol. The lowest BCUT2D eigenvalue weighted by Crippen LogP contribution is -2.26. The van der Waals surface area contributed by atoms with Gasteiger partial charge in [0.1, 0.15) is 11.9 Å². The normalized spacial score (nSPS) is 17.5. The Labute approximate surface area is 166 Å². The van der Waals surface area contributed by atoms with Crippen molar-refractivity contribution in [1.82, 2.24) is 15.3 Å². The predicted molar refractivity (Wildman–Crippen MR) is 108 cm³/mol. The number of carbonyl (C=O) groups is 1. The van der Waals surface area contributed by atoms with E-state index in [0.717, 1.165) is 30.8 Å². The molecule has 1 saturated heterocycles. The van der Waals surface area contributed by atoms with Crippen LogP contribution in [0.15, 0.2) is 36.7 Å². The molecule has 2 atom stereocenters. The topological polar surface area (TPSA) is 76.6 Å². The summed E-state index contributed by atoms with van der Waals surface area (Å²) in [4.78, 5) is 22.1. The number of anilines is 1. The van der Waals surface area contributed by atoms with E-state index in [4.69, 9.17) is 9.47 Å². The highest BCUT2D eigenvalue weighted by atomic mass is 16.5. The van der Waals surface area contributed by atoms with Crippen molar-refractivity contribution in [2.24, 2.45) is 0 Å². The summed E-state index contributed by atoms with van der Waals surface area (Å²) < 4.78 is 11.7. The van der Waals surface area contributed by atoms with Crippen LogP contribution in [0.3, 0.4) is 0 Å². The molecule has 0 bridgehead atoms. The zero-order valence-electron chi connectivity index (χ0n) is 16.9. The molecule has 2 heterocycles. The first-order valence-corrected chi connectivity index (χ1v) is 9.68. The summed E-state index contributed by atoms with van der Waals surface area (Å²) in [7, 11) is 0. The molecule has 1 aliphatic heterocycles. The standard InChI is InChI=1S/C21H28N4O3/c1-14(2)27-20-11-22-21(23-12-20)25-10-9-19(13-25)28-18-7-5-17(6-8-18)15(3)24-16(4)26/h5-8,11-12,14-15,19H,9-10,13H2,1-4H3,(H,24,26)/t15-,19+/m0/s1. The molecule has 28 heavy (non-hydrogen) atoms. The van der Waals surface area contributed by atoms with Gasteiger partial charge >= 0.3 is 0 Å². The van der Waals surface area contributed by atoms with Gasteiger partial charge in [0.2, 0.25) is 11.9 Å². The number of rotatable bonds is 7. The third-order valence-corrected chi connectivity index (χ3v) is 4.52. The van der Waals surface area contributed by atoms with Crippen molar-refractivity contribution < 1.29 is 14.3 Å².